The molecule has 0 spiro atoms. The van der Waals surface area contributed by atoms with E-state index in [1.54, 1.807) is 0 Å². The zero-order valence-corrected chi connectivity index (χ0v) is 16.0. The van der Waals surface area contributed by atoms with E-state index in [9.17, 15) is 8.42 Å². The molecule has 2 nitrogen and oxygen atoms in total. The van der Waals surface area contributed by atoms with Gasteiger partial charge in [-0.3, -0.25) is 0 Å². The van der Waals surface area contributed by atoms with Crippen LogP contribution in [0.25, 0.3) is 0 Å². The Morgan fingerprint density at radius 3 is 2.30 bits per heavy atom. The van der Waals surface area contributed by atoms with Gasteiger partial charge in [-0.2, -0.15) is 0 Å². The molecular weight excluding hydrogens is 404 g/mol. The first-order valence-corrected chi connectivity index (χ1v) is 10.8. The zero-order chi connectivity index (χ0) is 15.2. The first kappa shape index (κ1) is 18.2. The molecule has 0 saturated heterocycles. The molecule has 1 aromatic carbocycles. The Morgan fingerprint density at radius 2 is 1.80 bits per heavy atom. The lowest BCUT2D eigenvalue weighted by molar-refractivity contribution is 0.522. The number of halogens is 2. The highest BCUT2D eigenvalue weighted by Gasteiger charge is 2.31. The first-order valence-electron chi connectivity index (χ1n) is 6.78. The van der Waals surface area contributed by atoms with Crippen molar-refractivity contribution in [2.24, 2.45) is 0 Å². The van der Waals surface area contributed by atoms with E-state index in [0.717, 1.165) is 10.7 Å². The van der Waals surface area contributed by atoms with E-state index in [2.05, 4.69) is 57.0 Å². The average molecular weight is 426 g/mol. The molecule has 20 heavy (non-hydrogen) atoms. The van der Waals surface area contributed by atoms with Crippen LogP contribution in [0.15, 0.2) is 24.3 Å². The van der Waals surface area contributed by atoms with Gasteiger partial charge in [0.2, 0.25) is 0 Å². The fourth-order valence-corrected chi connectivity index (χ4v) is 5.87. The summed E-state index contributed by atoms with van der Waals surface area (Å²) < 4.78 is 24.0. The molecule has 0 atom stereocenters. The highest BCUT2D eigenvalue weighted by Crippen LogP contribution is 2.33. The van der Waals surface area contributed by atoms with Crippen molar-refractivity contribution in [1.82, 2.24) is 0 Å². The molecule has 1 rings (SSSR count). The smallest absolute Gasteiger partial charge is 0.150 e. The summed E-state index contributed by atoms with van der Waals surface area (Å²) >= 11 is 7.15. The van der Waals surface area contributed by atoms with Gasteiger partial charge in [-0.1, -0.05) is 68.6 Å². The molecule has 114 valence electrons. The lowest BCUT2D eigenvalue weighted by Crippen LogP contribution is -2.33. The van der Waals surface area contributed by atoms with E-state index >= 15 is 0 Å². The Bertz CT molecular complexity index is 522. The summed E-state index contributed by atoms with van der Waals surface area (Å²) in [5.74, 6) is 0.521. The summed E-state index contributed by atoms with van der Waals surface area (Å²) in [4.78, 5) is 0. The molecule has 5 heteroatoms. The molecule has 1 aromatic rings. The minimum Gasteiger partial charge on any atom is -0.229 e. The van der Waals surface area contributed by atoms with Crippen LogP contribution in [0, 0.1) is 6.92 Å². The Balaban J connectivity index is 2.99. The van der Waals surface area contributed by atoms with E-state index in [4.69, 9.17) is 0 Å². The highest BCUT2D eigenvalue weighted by molar-refractivity contribution is 9.09. The molecule has 0 aliphatic carbocycles. The van der Waals surface area contributed by atoms with Gasteiger partial charge in [-0.15, -0.1) is 0 Å². The molecule has 0 saturated carbocycles. The van der Waals surface area contributed by atoms with Crippen LogP contribution in [0.1, 0.15) is 30.9 Å². The standard InChI is InChI=1S/C15H22Br2O2S/c1-3-8-20(18,19)9-7-15(11-16,12-17)14-6-4-5-13(2)10-14/h4-6,10H,3,7-9,11-12H2,1-2H3. The van der Waals surface area contributed by atoms with Crippen molar-refractivity contribution in [2.45, 2.75) is 32.1 Å². The van der Waals surface area contributed by atoms with E-state index in [1.165, 1.54) is 11.1 Å². The highest BCUT2D eigenvalue weighted by atomic mass is 79.9. The van der Waals surface area contributed by atoms with E-state index in [-0.39, 0.29) is 16.9 Å². The van der Waals surface area contributed by atoms with E-state index < -0.39 is 9.84 Å². The number of aryl methyl sites for hydroxylation is 1. The topological polar surface area (TPSA) is 34.1 Å². The third-order valence-corrected chi connectivity index (χ3v) is 7.55. The molecule has 0 N–H and O–H groups in total. The van der Waals surface area contributed by atoms with Gasteiger partial charge in [-0.25, -0.2) is 8.42 Å². The largest absolute Gasteiger partial charge is 0.229 e. The predicted molar refractivity (Wildman–Crippen MR) is 94.0 cm³/mol. The van der Waals surface area contributed by atoms with Crippen LogP contribution < -0.4 is 0 Å². The molecule has 0 unspecified atom stereocenters. The summed E-state index contributed by atoms with van der Waals surface area (Å²) in [6.45, 7) is 3.96. The maximum Gasteiger partial charge on any atom is 0.150 e. The van der Waals surface area contributed by atoms with Crippen LogP contribution in [-0.2, 0) is 15.3 Å². The number of hydrogen-bond acceptors (Lipinski definition) is 2. The minimum atomic E-state index is -2.94. The fraction of sp³-hybridized carbons (Fsp3) is 0.600. The SMILES string of the molecule is CCCS(=O)(=O)CCC(CBr)(CBr)c1cccc(C)c1. The zero-order valence-electron chi connectivity index (χ0n) is 12.0. The van der Waals surface area contributed by atoms with Gasteiger partial charge in [0.15, 0.2) is 0 Å². The van der Waals surface area contributed by atoms with Gasteiger partial charge in [0, 0.05) is 21.8 Å². The Labute approximate surface area is 139 Å². The van der Waals surface area contributed by atoms with Crippen LogP contribution in [0.3, 0.4) is 0 Å². The summed E-state index contributed by atoms with van der Waals surface area (Å²) in [6.07, 6.45) is 1.32. The Morgan fingerprint density at radius 1 is 1.15 bits per heavy atom. The summed E-state index contributed by atoms with van der Waals surface area (Å²) in [5.41, 5.74) is 2.22. The van der Waals surface area contributed by atoms with Crippen LogP contribution in [0.2, 0.25) is 0 Å². The molecule has 0 aliphatic rings. The summed E-state index contributed by atoms with van der Waals surface area (Å²) in [6, 6.07) is 8.33. The van der Waals surface area contributed by atoms with Crippen LogP contribution in [-0.4, -0.2) is 30.6 Å². The summed E-state index contributed by atoms with van der Waals surface area (Å²) in [7, 11) is -2.94. The first-order chi connectivity index (χ1) is 9.39. The number of rotatable bonds is 8. The molecule has 0 heterocycles. The molecule has 0 aliphatic heterocycles. The second-order valence-electron chi connectivity index (χ2n) is 5.32. The number of hydrogen-bond donors (Lipinski definition) is 0. The van der Waals surface area contributed by atoms with Crippen LogP contribution in [0.5, 0.6) is 0 Å². The van der Waals surface area contributed by atoms with Gasteiger partial charge in [-0.05, 0) is 25.3 Å². The maximum atomic E-state index is 12.0. The van der Waals surface area contributed by atoms with Crippen molar-refractivity contribution in [3.63, 3.8) is 0 Å². The van der Waals surface area contributed by atoms with Gasteiger partial charge >= 0.3 is 0 Å². The predicted octanol–water partition coefficient (Wildman–Crippen LogP) is 4.24. The normalized spacial score (nSPS) is 12.6. The molecule has 0 aromatic heterocycles. The second-order valence-corrected chi connectivity index (χ2v) is 8.74. The molecule has 0 amide bonds. The lowest BCUT2D eigenvalue weighted by atomic mass is 9.81. The average Bonchev–Trinajstić information content (AvgIpc) is 2.40. The van der Waals surface area contributed by atoms with Gasteiger partial charge in [0.1, 0.15) is 9.84 Å². The van der Waals surface area contributed by atoms with E-state index in [1.807, 2.05) is 13.0 Å². The monoisotopic (exact) mass is 424 g/mol. The van der Waals surface area contributed by atoms with Gasteiger partial charge in [0.25, 0.3) is 0 Å². The fourth-order valence-electron chi connectivity index (χ4n) is 2.21. The molecular formula is C15H22Br2O2S. The van der Waals surface area contributed by atoms with Crippen molar-refractivity contribution in [1.29, 1.82) is 0 Å². The van der Waals surface area contributed by atoms with E-state index in [0.29, 0.717) is 12.8 Å². The van der Waals surface area contributed by atoms with Crippen LogP contribution >= 0.6 is 31.9 Å². The molecule has 0 radical (unpaired) electrons. The van der Waals surface area contributed by atoms with Crippen molar-refractivity contribution < 1.29 is 8.42 Å². The molecule has 0 bridgehead atoms. The van der Waals surface area contributed by atoms with Gasteiger partial charge in [0.05, 0.1) is 5.75 Å². The lowest BCUT2D eigenvalue weighted by Gasteiger charge is -2.31. The Kier molecular flexibility index (Phi) is 7.22. The Hall–Kier alpha value is 0.130. The van der Waals surface area contributed by atoms with Crippen molar-refractivity contribution in [3.05, 3.63) is 35.4 Å². The third kappa shape index (κ3) is 4.85. The number of benzene rings is 1. The molecule has 0 fully saturated rings. The van der Waals surface area contributed by atoms with Gasteiger partial charge < -0.3 is 0 Å². The number of sulfone groups is 1. The second kappa shape index (κ2) is 7.95. The van der Waals surface area contributed by atoms with Crippen molar-refractivity contribution in [3.8, 4) is 0 Å². The summed E-state index contributed by atoms with van der Waals surface area (Å²) in [5, 5.41) is 1.49. The number of alkyl halides is 2. The van der Waals surface area contributed by atoms with Crippen LogP contribution in [0.4, 0.5) is 0 Å². The van der Waals surface area contributed by atoms with Crippen molar-refractivity contribution in [2.75, 3.05) is 22.2 Å². The quantitative estimate of drug-likeness (QED) is 0.583. The third-order valence-electron chi connectivity index (χ3n) is 3.55. The minimum absolute atomic E-state index is 0.174. The van der Waals surface area contributed by atoms with Crippen molar-refractivity contribution >= 4 is 41.7 Å². The maximum absolute atomic E-state index is 12.0.